The van der Waals surface area contributed by atoms with Crippen molar-refractivity contribution in [3.63, 3.8) is 0 Å². The number of hydrogen-bond acceptors (Lipinski definition) is 1. The van der Waals surface area contributed by atoms with E-state index < -0.39 is 0 Å². The molecule has 1 nitrogen and oxygen atoms in total. The predicted octanol–water partition coefficient (Wildman–Crippen LogP) is 3.93. The molecule has 1 fully saturated rings. The zero-order valence-electron chi connectivity index (χ0n) is 9.93. The number of nitrogens with one attached hydrogen (secondary N) is 1. The minimum Gasteiger partial charge on any atom is -0.310 e. The highest BCUT2D eigenvalue weighted by molar-refractivity contribution is 6.31. The van der Waals surface area contributed by atoms with Crippen LogP contribution in [0.1, 0.15) is 43.7 Å². The molecule has 0 spiro atoms. The molecule has 1 aliphatic carbocycles. The van der Waals surface area contributed by atoms with Gasteiger partial charge in [-0.2, -0.15) is 0 Å². The minimum atomic E-state index is 0.746. The second kappa shape index (κ2) is 5.70. The van der Waals surface area contributed by atoms with E-state index >= 15 is 0 Å². The van der Waals surface area contributed by atoms with Gasteiger partial charge in [0.15, 0.2) is 0 Å². The van der Waals surface area contributed by atoms with Gasteiger partial charge in [0.25, 0.3) is 0 Å². The number of halogens is 1. The SMILES string of the molecule is CCCCc1ccc(CNC2CC2)c(Cl)c1. The van der Waals surface area contributed by atoms with Crippen LogP contribution in [0.5, 0.6) is 0 Å². The smallest absolute Gasteiger partial charge is 0.0453 e. The zero-order chi connectivity index (χ0) is 11.4. The molecule has 2 rings (SSSR count). The lowest BCUT2D eigenvalue weighted by atomic mass is 10.1. The summed E-state index contributed by atoms with van der Waals surface area (Å²) in [7, 11) is 0. The average Bonchev–Trinajstić information content (AvgIpc) is 3.09. The molecular formula is C14H20ClN. The van der Waals surface area contributed by atoms with Gasteiger partial charge in [-0.1, -0.05) is 37.1 Å². The summed E-state index contributed by atoms with van der Waals surface area (Å²) in [6, 6.07) is 7.26. The predicted molar refractivity (Wildman–Crippen MR) is 69.9 cm³/mol. The third-order valence-corrected chi connectivity index (χ3v) is 3.45. The van der Waals surface area contributed by atoms with Crippen LogP contribution in [0, 0.1) is 0 Å². The highest BCUT2D eigenvalue weighted by Gasteiger charge is 2.20. The van der Waals surface area contributed by atoms with E-state index in [1.807, 2.05) is 0 Å². The monoisotopic (exact) mass is 237 g/mol. The van der Waals surface area contributed by atoms with Gasteiger partial charge in [0.1, 0.15) is 0 Å². The molecule has 0 saturated heterocycles. The first-order chi connectivity index (χ1) is 7.79. The lowest BCUT2D eigenvalue weighted by Gasteiger charge is -2.08. The van der Waals surface area contributed by atoms with Crippen LogP contribution in [0.4, 0.5) is 0 Å². The van der Waals surface area contributed by atoms with Crippen molar-refractivity contribution >= 4 is 11.6 Å². The lowest BCUT2D eigenvalue weighted by molar-refractivity contribution is 0.687. The quantitative estimate of drug-likeness (QED) is 0.791. The Morgan fingerprint density at radius 3 is 2.81 bits per heavy atom. The zero-order valence-corrected chi connectivity index (χ0v) is 10.7. The van der Waals surface area contributed by atoms with E-state index in [2.05, 4.69) is 30.4 Å². The first-order valence-corrected chi connectivity index (χ1v) is 6.68. The Morgan fingerprint density at radius 1 is 1.38 bits per heavy atom. The summed E-state index contributed by atoms with van der Waals surface area (Å²) in [6.07, 6.45) is 6.28. The summed E-state index contributed by atoms with van der Waals surface area (Å²) < 4.78 is 0. The van der Waals surface area contributed by atoms with Crippen LogP contribution < -0.4 is 5.32 Å². The third-order valence-electron chi connectivity index (χ3n) is 3.10. The third kappa shape index (κ3) is 3.50. The molecule has 16 heavy (non-hydrogen) atoms. The number of rotatable bonds is 6. The standard InChI is InChI=1S/C14H20ClN/c1-2-3-4-11-5-6-12(14(15)9-11)10-16-13-7-8-13/h5-6,9,13,16H,2-4,7-8,10H2,1H3. The Hall–Kier alpha value is -0.530. The molecule has 0 amide bonds. The molecule has 1 saturated carbocycles. The molecule has 0 heterocycles. The second-order valence-electron chi connectivity index (χ2n) is 4.68. The number of hydrogen-bond donors (Lipinski definition) is 1. The van der Waals surface area contributed by atoms with Crippen molar-refractivity contribution in [2.75, 3.05) is 0 Å². The second-order valence-corrected chi connectivity index (χ2v) is 5.09. The van der Waals surface area contributed by atoms with E-state index in [0.717, 1.165) is 24.0 Å². The van der Waals surface area contributed by atoms with Crippen molar-refractivity contribution in [2.45, 2.75) is 51.6 Å². The van der Waals surface area contributed by atoms with Crippen LogP contribution in [0.25, 0.3) is 0 Å². The van der Waals surface area contributed by atoms with E-state index in [0.29, 0.717) is 0 Å². The molecule has 1 aromatic carbocycles. The van der Waals surface area contributed by atoms with Crippen molar-refractivity contribution in [1.29, 1.82) is 0 Å². The number of benzene rings is 1. The van der Waals surface area contributed by atoms with Gasteiger partial charge in [0, 0.05) is 17.6 Å². The lowest BCUT2D eigenvalue weighted by Crippen LogP contribution is -2.15. The molecule has 0 radical (unpaired) electrons. The summed E-state index contributed by atoms with van der Waals surface area (Å²) in [5.41, 5.74) is 2.59. The molecule has 1 aliphatic rings. The molecule has 0 bridgehead atoms. The molecule has 2 heteroatoms. The molecule has 0 atom stereocenters. The molecular weight excluding hydrogens is 218 g/mol. The van der Waals surface area contributed by atoms with Crippen LogP contribution in [-0.2, 0) is 13.0 Å². The van der Waals surface area contributed by atoms with Crippen LogP contribution in [0.3, 0.4) is 0 Å². The van der Waals surface area contributed by atoms with Gasteiger partial charge >= 0.3 is 0 Å². The maximum Gasteiger partial charge on any atom is 0.0453 e. The molecule has 0 aromatic heterocycles. The summed E-state index contributed by atoms with van der Waals surface area (Å²) >= 11 is 6.27. The maximum atomic E-state index is 6.27. The van der Waals surface area contributed by atoms with Crippen molar-refractivity contribution in [2.24, 2.45) is 0 Å². The van der Waals surface area contributed by atoms with E-state index in [4.69, 9.17) is 11.6 Å². The summed E-state index contributed by atoms with van der Waals surface area (Å²) in [5, 5.41) is 4.41. The maximum absolute atomic E-state index is 6.27. The number of aryl methyl sites for hydroxylation is 1. The fraction of sp³-hybridized carbons (Fsp3) is 0.571. The van der Waals surface area contributed by atoms with Gasteiger partial charge in [0.05, 0.1) is 0 Å². The van der Waals surface area contributed by atoms with Crippen LogP contribution in [0.2, 0.25) is 5.02 Å². The highest BCUT2D eigenvalue weighted by Crippen LogP contribution is 2.22. The Bertz CT molecular complexity index is 345. The van der Waals surface area contributed by atoms with Crippen molar-refractivity contribution < 1.29 is 0 Å². The van der Waals surface area contributed by atoms with Crippen molar-refractivity contribution in [3.8, 4) is 0 Å². The summed E-state index contributed by atoms with van der Waals surface area (Å²) in [4.78, 5) is 0. The average molecular weight is 238 g/mol. The van der Waals surface area contributed by atoms with Gasteiger partial charge in [0.2, 0.25) is 0 Å². The summed E-state index contributed by atoms with van der Waals surface area (Å²) in [5.74, 6) is 0. The van der Waals surface area contributed by atoms with Gasteiger partial charge in [-0.15, -0.1) is 0 Å². The molecule has 0 unspecified atom stereocenters. The van der Waals surface area contributed by atoms with E-state index in [9.17, 15) is 0 Å². The first kappa shape index (κ1) is 11.9. The van der Waals surface area contributed by atoms with Crippen molar-refractivity contribution in [3.05, 3.63) is 34.3 Å². The van der Waals surface area contributed by atoms with Gasteiger partial charge in [-0.05, 0) is 42.9 Å². The Balaban J connectivity index is 1.92. The molecule has 88 valence electrons. The summed E-state index contributed by atoms with van der Waals surface area (Å²) in [6.45, 7) is 3.13. The van der Waals surface area contributed by atoms with Gasteiger partial charge < -0.3 is 5.32 Å². The largest absolute Gasteiger partial charge is 0.310 e. The Labute approximate surface area is 103 Å². The minimum absolute atomic E-state index is 0.746. The fourth-order valence-corrected chi connectivity index (χ4v) is 2.08. The van der Waals surface area contributed by atoms with Crippen LogP contribution in [-0.4, -0.2) is 6.04 Å². The fourth-order valence-electron chi connectivity index (χ4n) is 1.81. The molecule has 1 N–H and O–H groups in total. The molecule has 1 aromatic rings. The number of unbranched alkanes of at least 4 members (excludes halogenated alkanes) is 1. The van der Waals surface area contributed by atoms with E-state index in [1.165, 1.54) is 36.8 Å². The van der Waals surface area contributed by atoms with Gasteiger partial charge in [-0.3, -0.25) is 0 Å². The Morgan fingerprint density at radius 2 is 2.19 bits per heavy atom. The first-order valence-electron chi connectivity index (χ1n) is 6.30. The van der Waals surface area contributed by atoms with E-state index in [-0.39, 0.29) is 0 Å². The Kier molecular flexibility index (Phi) is 4.25. The van der Waals surface area contributed by atoms with Crippen molar-refractivity contribution in [1.82, 2.24) is 5.32 Å². The van der Waals surface area contributed by atoms with Gasteiger partial charge in [-0.25, -0.2) is 0 Å². The molecule has 0 aliphatic heterocycles. The van der Waals surface area contributed by atoms with Crippen LogP contribution >= 0.6 is 11.6 Å². The normalized spacial score (nSPS) is 15.4. The van der Waals surface area contributed by atoms with Crippen LogP contribution in [0.15, 0.2) is 18.2 Å². The van der Waals surface area contributed by atoms with E-state index in [1.54, 1.807) is 0 Å². The topological polar surface area (TPSA) is 12.0 Å². The highest BCUT2D eigenvalue weighted by atomic mass is 35.5.